The van der Waals surface area contributed by atoms with Crippen LogP contribution in [0.5, 0.6) is 0 Å². The van der Waals surface area contributed by atoms with Gasteiger partial charge in [0, 0.05) is 0 Å². The quantitative estimate of drug-likeness (QED) is 0.449. The number of benzene rings is 1. The van der Waals surface area contributed by atoms with Crippen molar-refractivity contribution in [1.29, 1.82) is 0 Å². The highest BCUT2D eigenvalue weighted by Gasteiger charge is 2.17. The Morgan fingerprint density at radius 2 is 2.00 bits per heavy atom. The maximum Gasteiger partial charge on any atom is 0.430 e. The predicted octanol–water partition coefficient (Wildman–Crippen LogP) is 0.936. The largest absolute Gasteiger partial charge is 0.481 e. The van der Waals surface area contributed by atoms with Crippen LogP contribution in [0.2, 0.25) is 0 Å². The molecule has 0 aliphatic carbocycles. The normalized spacial score (nSPS) is 12.2. The maximum absolute atomic E-state index is 10.9. The number of primary amides is 1. The van der Waals surface area contributed by atoms with Gasteiger partial charge in [-0.15, -0.1) is 0 Å². The number of carbonyl (C=O) groups excluding carboxylic acids is 1. The van der Waals surface area contributed by atoms with E-state index in [1.807, 2.05) is 0 Å². The van der Waals surface area contributed by atoms with Gasteiger partial charge in [-0.2, -0.15) is 0 Å². The van der Waals surface area contributed by atoms with E-state index >= 15 is 0 Å². The van der Waals surface area contributed by atoms with E-state index in [2.05, 4.69) is 15.7 Å². The summed E-state index contributed by atoms with van der Waals surface area (Å²) in [7, 11) is 0. The maximum atomic E-state index is 10.9. The van der Waals surface area contributed by atoms with Crippen molar-refractivity contribution >= 4 is 18.3 Å². The highest BCUT2D eigenvalue weighted by Crippen LogP contribution is 2.13. The Hall–Kier alpha value is -2.37. The Morgan fingerprint density at radius 1 is 1.38 bits per heavy atom. The van der Waals surface area contributed by atoms with Crippen LogP contribution >= 0.6 is 0 Å². The highest BCUT2D eigenvalue weighted by atomic mass is 16.7. The van der Waals surface area contributed by atoms with Gasteiger partial charge in [-0.3, -0.25) is 9.63 Å². The summed E-state index contributed by atoms with van der Waals surface area (Å²) in [6.07, 6.45) is -0.0870. The SMILES string of the molecule is NC(=O)ON=CC(C(=O)O)c1ccccc1. The summed E-state index contributed by atoms with van der Waals surface area (Å²) in [6, 6.07) is 8.44. The van der Waals surface area contributed by atoms with Gasteiger partial charge in [-0.05, 0) is 5.56 Å². The van der Waals surface area contributed by atoms with E-state index in [4.69, 9.17) is 5.11 Å². The lowest BCUT2D eigenvalue weighted by molar-refractivity contribution is -0.137. The predicted molar refractivity (Wildman–Crippen MR) is 56.0 cm³/mol. The number of rotatable bonds is 4. The molecule has 0 saturated carbocycles. The number of carbonyl (C=O) groups is 2. The summed E-state index contributed by atoms with van der Waals surface area (Å²) in [5.41, 5.74) is 5.21. The van der Waals surface area contributed by atoms with Crippen molar-refractivity contribution in [2.45, 2.75) is 5.92 Å². The molecular formula is C10H10N2O4. The van der Waals surface area contributed by atoms with Crippen molar-refractivity contribution in [3.63, 3.8) is 0 Å². The molecule has 0 bridgehead atoms. The topological polar surface area (TPSA) is 102 Å². The summed E-state index contributed by atoms with van der Waals surface area (Å²) in [5, 5.41) is 12.1. The van der Waals surface area contributed by atoms with E-state index in [9.17, 15) is 9.59 Å². The fourth-order valence-corrected chi connectivity index (χ4v) is 1.10. The molecule has 0 saturated heterocycles. The number of aliphatic carboxylic acids is 1. The fraction of sp³-hybridized carbons (Fsp3) is 0.100. The Kier molecular flexibility index (Phi) is 4.02. The fourth-order valence-electron chi connectivity index (χ4n) is 1.10. The molecule has 0 aliphatic heterocycles. The van der Waals surface area contributed by atoms with Gasteiger partial charge in [-0.25, -0.2) is 4.79 Å². The summed E-state index contributed by atoms with van der Waals surface area (Å²) in [4.78, 5) is 25.2. The number of oxime groups is 1. The van der Waals surface area contributed by atoms with E-state index < -0.39 is 18.0 Å². The van der Waals surface area contributed by atoms with Gasteiger partial charge in [0.25, 0.3) is 0 Å². The second-order valence-electron chi connectivity index (χ2n) is 2.89. The Bertz CT molecular complexity index is 403. The lowest BCUT2D eigenvalue weighted by Gasteiger charge is -2.05. The number of carboxylic acid groups (broad SMARTS) is 1. The van der Waals surface area contributed by atoms with Gasteiger partial charge >= 0.3 is 12.1 Å². The zero-order chi connectivity index (χ0) is 12.0. The monoisotopic (exact) mass is 222 g/mol. The molecule has 0 aromatic heterocycles. The molecule has 0 aliphatic rings. The number of hydrogen-bond donors (Lipinski definition) is 2. The first-order valence-corrected chi connectivity index (χ1v) is 4.39. The second kappa shape index (κ2) is 5.50. The molecule has 1 unspecified atom stereocenters. The number of nitrogens with zero attached hydrogens (tertiary/aromatic N) is 1. The van der Waals surface area contributed by atoms with Gasteiger partial charge in [0.15, 0.2) is 0 Å². The van der Waals surface area contributed by atoms with E-state index in [1.165, 1.54) is 0 Å². The van der Waals surface area contributed by atoms with Crippen LogP contribution in [0.1, 0.15) is 11.5 Å². The molecule has 0 radical (unpaired) electrons. The van der Waals surface area contributed by atoms with Gasteiger partial charge in [0.2, 0.25) is 0 Å². The molecule has 3 N–H and O–H groups in total. The molecule has 0 spiro atoms. The summed E-state index contributed by atoms with van der Waals surface area (Å²) in [5.74, 6) is -2.07. The van der Waals surface area contributed by atoms with Crippen molar-refractivity contribution in [1.82, 2.24) is 0 Å². The minimum Gasteiger partial charge on any atom is -0.481 e. The molecule has 0 fully saturated rings. The molecule has 16 heavy (non-hydrogen) atoms. The van der Waals surface area contributed by atoms with Crippen LogP contribution in [-0.2, 0) is 9.63 Å². The molecule has 0 heterocycles. The van der Waals surface area contributed by atoms with Crippen LogP contribution in [0.15, 0.2) is 35.5 Å². The van der Waals surface area contributed by atoms with Gasteiger partial charge < -0.3 is 10.8 Å². The minimum atomic E-state index is -1.09. The lowest BCUT2D eigenvalue weighted by atomic mass is 10.0. The zero-order valence-electron chi connectivity index (χ0n) is 8.24. The highest BCUT2D eigenvalue weighted by molar-refractivity contribution is 5.94. The van der Waals surface area contributed by atoms with Crippen molar-refractivity contribution in [3.8, 4) is 0 Å². The Balaban J connectivity index is 2.81. The van der Waals surface area contributed by atoms with Crippen molar-refractivity contribution in [2.75, 3.05) is 0 Å². The molecule has 1 rings (SSSR count). The molecule has 84 valence electrons. The molecule has 1 amide bonds. The Labute approximate surface area is 91.3 Å². The van der Waals surface area contributed by atoms with E-state index in [0.29, 0.717) is 5.56 Å². The third-order valence-corrected chi connectivity index (χ3v) is 1.78. The summed E-state index contributed by atoms with van der Waals surface area (Å²) in [6.45, 7) is 0. The van der Waals surface area contributed by atoms with Crippen LogP contribution in [0.3, 0.4) is 0 Å². The molecule has 6 nitrogen and oxygen atoms in total. The first-order valence-electron chi connectivity index (χ1n) is 4.39. The first-order chi connectivity index (χ1) is 7.61. The van der Waals surface area contributed by atoms with Crippen LogP contribution in [0, 0.1) is 0 Å². The second-order valence-corrected chi connectivity index (χ2v) is 2.89. The molecule has 1 atom stereocenters. The molecule has 1 aromatic rings. The summed E-state index contributed by atoms with van der Waals surface area (Å²) < 4.78 is 0. The van der Waals surface area contributed by atoms with Crippen molar-refractivity contribution in [2.24, 2.45) is 10.9 Å². The van der Waals surface area contributed by atoms with Gasteiger partial charge in [-0.1, -0.05) is 35.5 Å². The smallest absolute Gasteiger partial charge is 0.430 e. The molecule has 6 heteroatoms. The third-order valence-electron chi connectivity index (χ3n) is 1.78. The summed E-state index contributed by atoms with van der Waals surface area (Å²) >= 11 is 0. The average Bonchev–Trinajstić information content (AvgIpc) is 2.25. The average molecular weight is 222 g/mol. The van der Waals surface area contributed by atoms with E-state index in [1.54, 1.807) is 30.3 Å². The first kappa shape index (κ1) is 11.7. The van der Waals surface area contributed by atoms with Crippen molar-refractivity contribution in [3.05, 3.63) is 35.9 Å². The van der Waals surface area contributed by atoms with Crippen LogP contribution in [0.4, 0.5) is 4.79 Å². The van der Waals surface area contributed by atoms with Crippen LogP contribution < -0.4 is 5.73 Å². The van der Waals surface area contributed by atoms with Crippen LogP contribution in [0.25, 0.3) is 0 Å². The standard InChI is InChI=1S/C10H10N2O4/c11-10(15)16-12-6-8(9(13)14)7-4-2-1-3-5-7/h1-6,8H,(H2,11,15)(H,13,14). The van der Waals surface area contributed by atoms with Crippen molar-refractivity contribution < 1.29 is 19.5 Å². The minimum absolute atomic E-state index is 0.534. The third kappa shape index (κ3) is 3.41. The van der Waals surface area contributed by atoms with Gasteiger partial charge in [0.1, 0.15) is 5.92 Å². The van der Waals surface area contributed by atoms with E-state index in [-0.39, 0.29) is 0 Å². The molecule has 1 aromatic carbocycles. The molecular weight excluding hydrogens is 212 g/mol. The zero-order valence-corrected chi connectivity index (χ0v) is 8.24. The number of amides is 1. The Morgan fingerprint density at radius 3 is 2.50 bits per heavy atom. The van der Waals surface area contributed by atoms with Gasteiger partial charge in [0.05, 0.1) is 6.21 Å². The number of nitrogens with two attached hydrogens (primary N) is 1. The number of carboxylic acids is 1. The van der Waals surface area contributed by atoms with Crippen LogP contribution in [-0.4, -0.2) is 23.4 Å². The van der Waals surface area contributed by atoms with E-state index in [0.717, 1.165) is 6.21 Å². The number of hydrogen-bond acceptors (Lipinski definition) is 4. The lowest BCUT2D eigenvalue weighted by Crippen LogP contribution is -2.14.